The first-order valence-electron chi connectivity index (χ1n) is 7.31. The first-order valence-corrected chi connectivity index (χ1v) is 8.57. The van der Waals surface area contributed by atoms with Gasteiger partial charge in [0.2, 0.25) is 0 Å². The molecular weight excluding hydrogens is 345 g/mol. The van der Waals surface area contributed by atoms with E-state index < -0.39 is 17.8 Å². The number of hydrogen-bond acceptors (Lipinski definition) is 3. The van der Waals surface area contributed by atoms with E-state index in [4.69, 9.17) is 11.6 Å². The second-order valence-electron chi connectivity index (χ2n) is 5.43. The molecule has 1 atom stereocenters. The maximum absolute atomic E-state index is 13.5. The van der Waals surface area contributed by atoms with Gasteiger partial charge in [-0.2, -0.15) is 13.2 Å². The number of nitrogens with one attached hydrogen (secondary N) is 1. The molecule has 0 spiro atoms. The molecule has 0 unspecified atom stereocenters. The third kappa shape index (κ3) is 3.71. The van der Waals surface area contributed by atoms with Gasteiger partial charge in [-0.15, -0.1) is 11.3 Å². The molecular formula is C16H16ClF3N2S. The summed E-state index contributed by atoms with van der Waals surface area (Å²) < 4.78 is 40.5. The molecule has 23 heavy (non-hydrogen) atoms. The fraction of sp³-hybridized carbons (Fsp3) is 0.375. The molecule has 1 aliphatic rings. The number of nitrogens with zero attached hydrogens (tertiary/aromatic N) is 1. The van der Waals surface area contributed by atoms with Crippen LogP contribution in [-0.4, -0.2) is 31.1 Å². The minimum Gasteiger partial charge on any atom is -0.314 e. The van der Waals surface area contributed by atoms with Crippen LogP contribution >= 0.6 is 22.9 Å². The van der Waals surface area contributed by atoms with Crippen LogP contribution < -0.4 is 5.32 Å². The third-order valence-electron chi connectivity index (χ3n) is 3.94. The van der Waals surface area contributed by atoms with E-state index in [0.717, 1.165) is 24.0 Å². The lowest BCUT2D eigenvalue weighted by atomic mass is 9.96. The highest BCUT2D eigenvalue weighted by molar-refractivity contribution is 7.10. The van der Waals surface area contributed by atoms with Crippen molar-refractivity contribution >= 4 is 22.9 Å². The van der Waals surface area contributed by atoms with E-state index in [1.807, 2.05) is 17.5 Å². The minimum atomic E-state index is -4.43. The summed E-state index contributed by atoms with van der Waals surface area (Å²) in [6.07, 6.45) is -4.43. The Morgan fingerprint density at radius 2 is 1.91 bits per heavy atom. The number of halogens is 4. The van der Waals surface area contributed by atoms with Crippen molar-refractivity contribution in [2.24, 2.45) is 0 Å². The Hall–Kier alpha value is -1.08. The van der Waals surface area contributed by atoms with Crippen molar-refractivity contribution in [2.75, 3.05) is 26.2 Å². The first kappa shape index (κ1) is 16.8. The van der Waals surface area contributed by atoms with Crippen molar-refractivity contribution < 1.29 is 13.2 Å². The number of piperazine rings is 1. The van der Waals surface area contributed by atoms with E-state index in [-0.39, 0.29) is 10.6 Å². The van der Waals surface area contributed by atoms with Crippen LogP contribution in [0.15, 0.2) is 35.7 Å². The zero-order chi connectivity index (χ0) is 16.4. The molecule has 1 aromatic heterocycles. The van der Waals surface area contributed by atoms with E-state index in [1.165, 1.54) is 23.5 Å². The normalized spacial score (nSPS) is 18.1. The van der Waals surface area contributed by atoms with Crippen molar-refractivity contribution in [1.29, 1.82) is 0 Å². The van der Waals surface area contributed by atoms with Gasteiger partial charge in [-0.25, -0.2) is 0 Å². The molecule has 0 radical (unpaired) electrons. The SMILES string of the molecule is FC(F)(F)c1cc(Cl)ccc1[C@@H](c1cccs1)N1CCNCC1. The number of alkyl halides is 3. The highest BCUT2D eigenvalue weighted by Crippen LogP contribution is 2.41. The van der Waals surface area contributed by atoms with E-state index in [9.17, 15) is 13.2 Å². The highest BCUT2D eigenvalue weighted by atomic mass is 35.5. The van der Waals surface area contributed by atoms with Crippen molar-refractivity contribution in [1.82, 2.24) is 10.2 Å². The molecule has 0 amide bonds. The Labute approximate surface area is 141 Å². The van der Waals surface area contributed by atoms with Crippen molar-refractivity contribution in [3.8, 4) is 0 Å². The molecule has 7 heteroatoms. The average Bonchev–Trinajstić information content (AvgIpc) is 3.03. The van der Waals surface area contributed by atoms with Gasteiger partial charge in [0.05, 0.1) is 11.6 Å². The van der Waals surface area contributed by atoms with Gasteiger partial charge in [0.1, 0.15) is 0 Å². The van der Waals surface area contributed by atoms with Gasteiger partial charge in [0.25, 0.3) is 0 Å². The van der Waals surface area contributed by atoms with Crippen LogP contribution in [0.3, 0.4) is 0 Å². The largest absolute Gasteiger partial charge is 0.416 e. The Kier molecular flexibility index (Phi) is 4.96. The van der Waals surface area contributed by atoms with Crippen LogP contribution in [0.25, 0.3) is 0 Å². The second-order valence-corrected chi connectivity index (χ2v) is 6.85. The van der Waals surface area contributed by atoms with Crippen LogP contribution in [0.4, 0.5) is 13.2 Å². The molecule has 2 heterocycles. The van der Waals surface area contributed by atoms with Crippen molar-refractivity contribution in [3.63, 3.8) is 0 Å². The van der Waals surface area contributed by atoms with Gasteiger partial charge >= 0.3 is 6.18 Å². The topological polar surface area (TPSA) is 15.3 Å². The standard InChI is InChI=1S/C16H16ClF3N2S/c17-11-3-4-12(13(10-11)16(18,19)20)15(14-2-1-9-23-14)22-7-5-21-6-8-22/h1-4,9-10,15,21H,5-8H2/t15-/m0/s1. The maximum Gasteiger partial charge on any atom is 0.416 e. The fourth-order valence-electron chi connectivity index (χ4n) is 2.93. The molecule has 1 saturated heterocycles. The Bertz CT molecular complexity index is 652. The molecule has 1 N–H and O–H groups in total. The predicted molar refractivity (Wildman–Crippen MR) is 87.1 cm³/mol. The predicted octanol–water partition coefficient (Wildman–Crippen LogP) is 4.41. The van der Waals surface area contributed by atoms with Gasteiger partial charge in [0, 0.05) is 36.1 Å². The zero-order valence-electron chi connectivity index (χ0n) is 12.2. The van der Waals surface area contributed by atoms with Crippen LogP contribution in [0, 0.1) is 0 Å². The Balaban J connectivity index is 2.10. The van der Waals surface area contributed by atoms with Gasteiger partial charge in [0.15, 0.2) is 0 Å². The van der Waals surface area contributed by atoms with E-state index in [1.54, 1.807) is 0 Å². The average molecular weight is 361 g/mol. The van der Waals surface area contributed by atoms with Crippen LogP contribution in [0.1, 0.15) is 22.0 Å². The van der Waals surface area contributed by atoms with E-state index >= 15 is 0 Å². The smallest absolute Gasteiger partial charge is 0.314 e. The molecule has 1 aliphatic heterocycles. The molecule has 2 aromatic rings. The number of thiophene rings is 1. The first-order chi connectivity index (χ1) is 11.0. The Morgan fingerprint density at radius 3 is 2.52 bits per heavy atom. The molecule has 3 rings (SSSR count). The third-order valence-corrected chi connectivity index (χ3v) is 5.10. The summed E-state index contributed by atoms with van der Waals surface area (Å²) in [5.41, 5.74) is -0.381. The number of benzene rings is 1. The van der Waals surface area contributed by atoms with Crippen LogP contribution in [-0.2, 0) is 6.18 Å². The van der Waals surface area contributed by atoms with Gasteiger partial charge in [-0.05, 0) is 29.1 Å². The lowest BCUT2D eigenvalue weighted by molar-refractivity contribution is -0.138. The van der Waals surface area contributed by atoms with Crippen LogP contribution in [0.5, 0.6) is 0 Å². The summed E-state index contributed by atoms with van der Waals surface area (Å²) >= 11 is 7.30. The summed E-state index contributed by atoms with van der Waals surface area (Å²) in [5.74, 6) is 0. The van der Waals surface area contributed by atoms with Gasteiger partial charge < -0.3 is 5.32 Å². The summed E-state index contributed by atoms with van der Waals surface area (Å²) in [5, 5.41) is 5.24. The molecule has 0 aliphatic carbocycles. The molecule has 1 aromatic carbocycles. The lowest BCUT2D eigenvalue weighted by Crippen LogP contribution is -2.45. The summed E-state index contributed by atoms with van der Waals surface area (Å²) in [4.78, 5) is 3.01. The fourth-order valence-corrected chi connectivity index (χ4v) is 3.98. The van der Waals surface area contributed by atoms with E-state index in [0.29, 0.717) is 13.1 Å². The highest BCUT2D eigenvalue weighted by Gasteiger charge is 2.37. The van der Waals surface area contributed by atoms with Crippen LogP contribution in [0.2, 0.25) is 5.02 Å². The minimum absolute atomic E-state index is 0.103. The number of rotatable bonds is 3. The zero-order valence-corrected chi connectivity index (χ0v) is 13.8. The summed E-state index contributed by atoms with van der Waals surface area (Å²) in [6.45, 7) is 2.97. The Morgan fingerprint density at radius 1 is 1.17 bits per heavy atom. The summed E-state index contributed by atoms with van der Waals surface area (Å²) in [7, 11) is 0. The molecule has 2 nitrogen and oxygen atoms in total. The maximum atomic E-state index is 13.5. The molecule has 124 valence electrons. The lowest BCUT2D eigenvalue weighted by Gasteiger charge is -2.35. The summed E-state index contributed by atoms with van der Waals surface area (Å²) in [6, 6.07) is 7.45. The van der Waals surface area contributed by atoms with Gasteiger partial charge in [-0.1, -0.05) is 23.7 Å². The molecule has 0 bridgehead atoms. The molecule has 1 fully saturated rings. The monoisotopic (exact) mass is 360 g/mol. The van der Waals surface area contributed by atoms with Gasteiger partial charge in [-0.3, -0.25) is 4.90 Å². The van der Waals surface area contributed by atoms with E-state index in [2.05, 4.69) is 10.2 Å². The number of hydrogen-bond donors (Lipinski definition) is 1. The second kappa shape index (κ2) is 6.81. The van der Waals surface area contributed by atoms with Crippen molar-refractivity contribution in [3.05, 3.63) is 56.7 Å². The van der Waals surface area contributed by atoms with Crippen molar-refractivity contribution in [2.45, 2.75) is 12.2 Å². The molecule has 0 saturated carbocycles. The quantitative estimate of drug-likeness (QED) is 0.872.